The maximum atomic E-state index is 11.7. The van der Waals surface area contributed by atoms with Crippen LogP contribution in [-0.4, -0.2) is 28.7 Å². The van der Waals surface area contributed by atoms with Gasteiger partial charge in [-0.1, -0.05) is 25.1 Å². The van der Waals surface area contributed by atoms with Gasteiger partial charge in [-0.15, -0.1) is 0 Å². The second-order valence-corrected chi connectivity index (χ2v) is 4.62. The van der Waals surface area contributed by atoms with Crippen LogP contribution in [0.2, 0.25) is 0 Å². The van der Waals surface area contributed by atoms with E-state index in [1.807, 2.05) is 6.26 Å². The molecule has 5 nitrogen and oxygen atoms in total. The largest absolute Gasteiger partial charge is 0.369 e. The number of carbonyl (C=O) groups is 1. The third-order valence-corrected chi connectivity index (χ3v) is 3.16. The molecule has 0 saturated carbocycles. The summed E-state index contributed by atoms with van der Waals surface area (Å²) in [5, 5.41) is 6.71. The summed E-state index contributed by atoms with van der Waals surface area (Å²) in [6.07, 6.45) is 4.11. The summed E-state index contributed by atoms with van der Waals surface area (Å²) in [5.74, 6) is 0.592. The Morgan fingerprint density at radius 3 is 3.00 bits per heavy atom. The monoisotopic (exact) mass is 252 g/mol. The Bertz CT molecular complexity index is 436. The van der Waals surface area contributed by atoms with E-state index in [1.54, 1.807) is 0 Å². The van der Waals surface area contributed by atoms with E-state index < -0.39 is 0 Å². The van der Waals surface area contributed by atoms with Gasteiger partial charge in [-0.05, 0) is 12.7 Å². The molecule has 0 aliphatic carbocycles. The van der Waals surface area contributed by atoms with Crippen LogP contribution in [0, 0.1) is 0 Å². The van der Waals surface area contributed by atoms with Gasteiger partial charge in [0.25, 0.3) is 5.91 Å². The average molecular weight is 252 g/mol. The molecule has 1 amide bonds. The Morgan fingerprint density at radius 1 is 1.47 bits per heavy atom. The maximum absolute atomic E-state index is 11.7. The smallest absolute Gasteiger partial charge is 0.257 e. The quantitative estimate of drug-likeness (QED) is 0.474. The van der Waals surface area contributed by atoms with Crippen molar-refractivity contribution in [3.63, 3.8) is 0 Å². The maximum Gasteiger partial charge on any atom is 0.257 e. The number of amides is 1. The molecule has 1 aliphatic heterocycles. The van der Waals surface area contributed by atoms with E-state index in [-0.39, 0.29) is 5.91 Å². The molecule has 92 valence electrons. The molecular weight excluding hydrogens is 236 g/mol. The molecule has 0 aromatic carbocycles. The minimum Gasteiger partial charge on any atom is -0.369 e. The van der Waals surface area contributed by atoms with Gasteiger partial charge in [0.05, 0.1) is 12.2 Å². The number of anilines is 1. The van der Waals surface area contributed by atoms with E-state index in [4.69, 9.17) is 0 Å². The van der Waals surface area contributed by atoms with Crippen LogP contribution in [0.25, 0.3) is 0 Å². The number of nitrogens with zero attached hydrogens (tertiary/aromatic N) is 2. The summed E-state index contributed by atoms with van der Waals surface area (Å²) in [6, 6.07) is 0. The molecule has 1 aliphatic rings. The lowest BCUT2D eigenvalue weighted by atomic mass is 10.2. The molecule has 1 aromatic heterocycles. The zero-order valence-electron chi connectivity index (χ0n) is 10.0. The van der Waals surface area contributed by atoms with E-state index in [0.717, 1.165) is 25.1 Å². The lowest BCUT2D eigenvalue weighted by Crippen LogP contribution is -2.15. The Labute approximate surface area is 105 Å². The van der Waals surface area contributed by atoms with Crippen LogP contribution in [0.3, 0.4) is 0 Å². The summed E-state index contributed by atoms with van der Waals surface area (Å²) < 4.78 is 0. The SMILES string of the molecule is CCCCNc1nc(SC)nc2c1C(=O)NC2. The number of aromatic nitrogens is 2. The number of carbonyl (C=O) groups excluding carboxylic acids is 1. The minimum atomic E-state index is -0.0772. The highest BCUT2D eigenvalue weighted by Crippen LogP contribution is 2.24. The topological polar surface area (TPSA) is 66.9 Å². The number of rotatable bonds is 5. The van der Waals surface area contributed by atoms with Gasteiger partial charge in [0.15, 0.2) is 5.16 Å². The first kappa shape index (κ1) is 12.2. The molecule has 0 radical (unpaired) electrons. The summed E-state index contributed by atoms with van der Waals surface area (Å²) in [7, 11) is 0. The van der Waals surface area contributed by atoms with Gasteiger partial charge in [0, 0.05) is 6.54 Å². The fraction of sp³-hybridized carbons (Fsp3) is 0.545. The van der Waals surface area contributed by atoms with Gasteiger partial charge in [-0.3, -0.25) is 4.79 Å². The zero-order chi connectivity index (χ0) is 12.3. The van der Waals surface area contributed by atoms with E-state index >= 15 is 0 Å². The van der Waals surface area contributed by atoms with E-state index in [1.165, 1.54) is 11.8 Å². The molecule has 0 unspecified atom stereocenters. The second-order valence-electron chi connectivity index (χ2n) is 3.84. The first-order chi connectivity index (χ1) is 8.26. The summed E-state index contributed by atoms with van der Waals surface area (Å²) in [4.78, 5) is 20.4. The number of hydrogen-bond donors (Lipinski definition) is 2. The predicted molar refractivity (Wildman–Crippen MR) is 68.4 cm³/mol. The molecule has 2 heterocycles. The molecule has 2 N–H and O–H groups in total. The van der Waals surface area contributed by atoms with Crippen molar-refractivity contribution in [1.29, 1.82) is 0 Å². The molecule has 17 heavy (non-hydrogen) atoms. The standard InChI is InChI=1S/C11H16N4OS/c1-3-4-5-12-9-8-7(6-13-10(8)16)14-11(15-9)17-2/h3-6H2,1-2H3,(H,13,16)(H,12,14,15). The lowest BCUT2D eigenvalue weighted by molar-refractivity contribution is 0.0966. The normalized spacial score (nSPS) is 13.4. The number of nitrogens with one attached hydrogen (secondary N) is 2. The molecule has 0 spiro atoms. The van der Waals surface area contributed by atoms with Crippen LogP contribution in [0.1, 0.15) is 35.8 Å². The van der Waals surface area contributed by atoms with E-state index in [9.17, 15) is 4.79 Å². The summed E-state index contributed by atoms with van der Waals surface area (Å²) >= 11 is 1.49. The summed E-state index contributed by atoms with van der Waals surface area (Å²) in [5.41, 5.74) is 1.41. The van der Waals surface area contributed by atoms with Crippen molar-refractivity contribution in [2.45, 2.75) is 31.5 Å². The Kier molecular flexibility index (Phi) is 3.83. The lowest BCUT2D eigenvalue weighted by Gasteiger charge is -2.09. The third-order valence-electron chi connectivity index (χ3n) is 2.61. The van der Waals surface area contributed by atoms with E-state index in [2.05, 4.69) is 27.5 Å². The first-order valence-electron chi connectivity index (χ1n) is 5.73. The highest BCUT2D eigenvalue weighted by Gasteiger charge is 2.26. The molecule has 6 heteroatoms. The van der Waals surface area contributed by atoms with Gasteiger partial charge < -0.3 is 10.6 Å². The minimum absolute atomic E-state index is 0.0772. The molecule has 0 fully saturated rings. The van der Waals surface area contributed by atoms with Crippen molar-refractivity contribution in [2.75, 3.05) is 18.1 Å². The number of hydrogen-bond acceptors (Lipinski definition) is 5. The predicted octanol–water partition coefficient (Wildman–Crippen LogP) is 1.65. The molecular formula is C11H16N4OS. The second kappa shape index (κ2) is 5.35. The third kappa shape index (κ3) is 2.52. The van der Waals surface area contributed by atoms with Crippen LogP contribution in [0.5, 0.6) is 0 Å². The Hall–Kier alpha value is -1.30. The first-order valence-corrected chi connectivity index (χ1v) is 6.95. The fourth-order valence-electron chi connectivity index (χ4n) is 1.71. The van der Waals surface area contributed by atoms with Crippen molar-refractivity contribution in [1.82, 2.24) is 15.3 Å². The van der Waals surface area contributed by atoms with Gasteiger partial charge in [0.2, 0.25) is 0 Å². The van der Waals surface area contributed by atoms with Crippen molar-refractivity contribution >= 4 is 23.5 Å². The van der Waals surface area contributed by atoms with Crippen molar-refractivity contribution in [3.8, 4) is 0 Å². The van der Waals surface area contributed by atoms with Crippen LogP contribution >= 0.6 is 11.8 Å². The van der Waals surface area contributed by atoms with Crippen molar-refractivity contribution in [3.05, 3.63) is 11.3 Å². The van der Waals surface area contributed by atoms with Crippen molar-refractivity contribution in [2.24, 2.45) is 0 Å². The van der Waals surface area contributed by atoms with Crippen LogP contribution in [-0.2, 0) is 6.54 Å². The Balaban J connectivity index is 2.28. The number of unbranched alkanes of at least 4 members (excludes halogenated alkanes) is 1. The average Bonchev–Trinajstić information content (AvgIpc) is 2.71. The number of thioether (sulfide) groups is 1. The molecule has 2 rings (SSSR count). The van der Waals surface area contributed by atoms with Crippen LogP contribution in [0.15, 0.2) is 5.16 Å². The van der Waals surface area contributed by atoms with Crippen LogP contribution < -0.4 is 10.6 Å². The molecule has 0 bridgehead atoms. The fourth-order valence-corrected chi connectivity index (χ4v) is 2.09. The van der Waals surface area contributed by atoms with Crippen molar-refractivity contribution < 1.29 is 4.79 Å². The number of fused-ring (bicyclic) bond motifs is 1. The van der Waals surface area contributed by atoms with Crippen LogP contribution in [0.4, 0.5) is 5.82 Å². The van der Waals surface area contributed by atoms with Gasteiger partial charge in [-0.2, -0.15) is 0 Å². The zero-order valence-corrected chi connectivity index (χ0v) is 10.9. The molecule has 1 aromatic rings. The summed E-state index contributed by atoms with van der Waals surface area (Å²) in [6.45, 7) is 3.47. The van der Waals surface area contributed by atoms with Gasteiger partial charge in [-0.25, -0.2) is 9.97 Å². The van der Waals surface area contributed by atoms with Gasteiger partial charge in [0.1, 0.15) is 11.4 Å². The van der Waals surface area contributed by atoms with Gasteiger partial charge >= 0.3 is 0 Å². The molecule has 0 saturated heterocycles. The highest BCUT2D eigenvalue weighted by molar-refractivity contribution is 7.98. The Morgan fingerprint density at radius 2 is 2.29 bits per heavy atom. The highest BCUT2D eigenvalue weighted by atomic mass is 32.2. The van der Waals surface area contributed by atoms with E-state index in [0.29, 0.717) is 23.1 Å². The molecule has 0 atom stereocenters.